The van der Waals surface area contributed by atoms with Gasteiger partial charge in [-0.25, -0.2) is 9.89 Å². The Kier molecular flexibility index (Phi) is 3.75. The molecule has 2 fully saturated rings. The lowest BCUT2D eigenvalue weighted by molar-refractivity contribution is 0.367. The average Bonchev–Trinajstić information content (AvgIpc) is 3.16. The van der Waals surface area contributed by atoms with Crippen molar-refractivity contribution >= 4 is 11.8 Å². The van der Waals surface area contributed by atoms with Crippen molar-refractivity contribution in [2.75, 3.05) is 18.8 Å². The Morgan fingerprint density at radius 3 is 2.78 bits per heavy atom. The van der Waals surface area contributed by atoms with Crippen LogP contribution < -0.4 is 11.0 Å². The molecule has 18 heavy (non-hydrogen) atoms. The van der Waals surface area contributed by atoms with Crippen LogP contribution in [0.1, 0.15) is 38.1 Å². The molecule has 1 aliphatic heterocycles. The number of aromatic nitrogens is 3. The molecule has 2 aliphatic rings. The molecule has 5 nitrogen and oxygen atoms in total. The number of piperidine rings is 1. The number of hydrogen-bond donors (Lipinski definition) is 2. The SMILES string of the molecule is O=c1[nH]nc(SCCC2CCNCC2)n1C1CC1. The normalized spacial score (nSPS) is 21.3. The molecule has 0 aromatic carbocycles. The topological polar surface area (TPSA) is 62.7 Å². The number of nitrogens with zero attached hydrogens (tertiary/aromatic N) is 2. The number of thioether (sulfide) groups is 1. The van der Waals surface area contributed by atoms with Crippen LogP contribution in [0.4, 0.5) is 0 Å². The zero-order valence-corrected chi connectivity index (χ0v) is 11.3. The highest BCUT2D eigenvalue weighted by molar-refractivity contribution is 7.99. The van der Waals surface area contributed by atoms with Gasteiger partial charge in [0, 0.05) is 11.8 Å². The molecule has 2 N–H and O–H groups in total. The minimum absolute atomic E-state index is 0.0399. The van der Waals surface area contributed by atoms with Gasteiger partial charge in [-0.1, -0.05) is 11.8 Å². The van der Waals surface area contributed by atoms with Crippen molar-refractivity contribution in [2.45, 2.75) is 43.3 Å². The second-order valence-corrected chi connectivity index (χ2v) is 6.31. The van der Waals surface area contributed by atoms with Gasteiger partial charge < -0.3 is 5.32 Å². The Hall–Kier alpha value is -0.750. The second kappa shape index (κ2) is 5.48. The highest BCUT2D eigenvalue weighted by Gasteiger charge is 2.28. The first kappa shape index (κ1) is 12.3. The van der Waals surface area contributed by atoms with Gasteiger partial charge in [0.2, 0.25) is 0 Å². The molecule has 0 bridgehead atoms. The van der Waals surface area contributed by atoms with Crippen molar-refractivity contribution < 1.29 is 0 Å². The average molecular weight is 268 g/mol. The number of nitrogens with one attached hydrogen (secondary N) is 2. The van der Waals surface area contributed by atoms with Crippen LogP contribution in [-0.2, 0) is 0 Å². The van der Waals surface area contributed by atoms with E-state index in [1.165, 1.54) is 19.3 Å². The van der Waals surface area contributed by atoms with Crippen LogP contribution in [0.2, 0.25) is 0 Å². The molecule has 0 unspecified atom stereocenters. The fraction of sp³-hybridized carbons (Fsp3) is 0.833. The highest BCUT2D eigenvalue weighted by Crippen LogP contribution is 2.36. The number of rotatable bonds is 5. The Bertz CT molecular complexity index is 445. The molecule has 0 amide bonds. The van der Waals surface area contributed by atoms with Crippen molar-refractivity contribution in [3.8, 4) is 0 Å². The third-order valence-electron chi connectivity index (χ3n) is 3.80. The summed E-state index contributed by atoms with van der Waals surface area (Å²) in [4.78, 5) is 11.6. The van der Waals surface area contributed by atoms with Crippen molar-refractivity contribution in [3.63, 3.8) is 0 Å². The van der Waals surface area contributed by atoms with Crippen LogP contribution in [0.15, 0.2) is 9.95 Å². The first-order valence-electron chi connectivity index (χ1n) is 6.85. The van der Waals surface area contributed by atoms with Crippen molar-refractivity contribution in [1.82, 2.24) is 20.1 Å². The van der Waals surface area contributed by atoms with E-state index in [2.05, 4.69) is 15.5 Å². The van der Waals surface area contributed by atoms with Gasteiger partial charge in [0.25, 0.3) is 0 Å². The van der Waals surface area contributed by atoms with Crippen molar-refractivity contribution in [3.05, 3.63) is 10.5 Å². The minimum atomic E-state index is -0.0399. The van der Waals surface area contributed by atoms with Gasteiger partial charge in [0.1, 0.15) is 0 Å². The molecule has 100 valence electrons. The van der Waals surface area contributed by atoms with Gasteiger partial charge >= 0.3 is 5.69 Å². The van der Waals surface area contributed by atoms with Gasteiger partial charge in [-0.3, -0.25) is 4.57 Å². The van der Waals surface area contributed by atoms with Crippen LogP contribution in [0.3, 0.4) is 0 Å². The minimum Gasteiger partial charge on any atom is -0.317 e. The highest BCUT2D eigenvalue weighted by atomic mass is 32.2. The zero-order valence-electron chi connectivity index (χ0n) is 10.5. The van der Waals surface area contributed by atoms with E-state index in [0.29, 0.717) is 6.04 Å². The monoisotopic (exact) mass is 268 g/mol. The molecule has 1 aromatic heterocycles. The van der Waals surface area contributed by atoms with E-state index in [9.17, 15) is 4.79 Å². The summed E-state index contributed by atoms with van der Waals surface area (Å²) in [5, 5.41) is 11.0. The summed E-state index contributed by atoms with van der Waals surface area (Å²) >= 11 is 1.73. The molecule has 0 spiro atoms. The van der Waals surface area contributed by atoms with Crippen LogP contribution >= 0.6 is 11.8 Å². The van der Waals surface area contributed by atoms with Crippen molar-refractivity contribution in [2.24, 2.45) is 5.92 Å². The van der Waals surface area contributed by atoms with Crippen LogP contribution in [0.5, 0.6) is 0 Å². The van der Waals surface area contributed by atoms with Crippen LogP contribution in [0.25, 0.3) is 0 Å². The predicted octanol–water partition coefficient (Wildman–Crippen LogP) is 1.39. The third-order valence-corrected chi connectivity index (χ3v) is 4.79. The molecular weight excluding hydrogens is 248 g/mol. The molecule has 6 heteroatoms. The first-order valence-corrected chi connectivity index (χ1v) is 7.83. The molecule has 2 heterocycles. The van der Waals surface area contributed by atoms with Crippen molar-refractivity contribution in [1.29, 1.82) is 0 Å². The summed E-state index contributed by atoms with van der Waals surface area (Å²) in [5.74, 6) is 1.92. The first-order chi connectivity index (χ1) is 8.84. The summed E-state index contributed by atoms with van der Waals surface area (Å²) in [5.41, 5.74) is -0.0399. The summed E-state index contributed by atoms with van der Waals surface area (Å²) in [6.45, 7) is 2.31. The lowest BCUT2D eigenvalue weighted by Gasteiger charge is -2.22. The lowest BCUT2D eigenvalue weighted by Crippen LogP contribution is -2.27. The maximum atomic E-state index is 11.6. The van der Waals surface area contributed by atoms with E-state index in [1.807, 2.05) is 4.57 Å². The molecule has 1 saturated heterocycles. The Labute approximate surface area is 111 Å². The largest absolute Gasteiger partial charge is 0.344 e. The van der Waals surface area contributed by atoms with E-state index >= 15 is 0 Å². The van der Waals surface area contributed by atoms with Crippen LogP contribution in [-0.4, -0.2) is 33.6 Å². The quantitative estimate of drug-likeness (QED) is 0.792. The van der Waals surface area contributed by atoms with E-state index in [0.717, 1.165) is 42.8 Å². The fourth-order valence-electron chi connectivity index (χ4n) is 2.53. The summed E-state index contributed by atoms with van der Waals surface area (Å²) < 4.78 is 1.84. The summed E-state index contributed by atoms with van der Waals surface area (Å²) in [7, 11) is 0. The van der Waals surface area contributed by atoms with Gasteiger partial charge in [-0.2, -0.15) is 0 Å². The van der Waals surface area contributed by atoms with E-state index < -0.39 is 0 Å². The Morgan fingerprint density at radius 1 is 1.28 bits per heavy atom. The molecule has 1 aliphatic carbocycles. The summed E-state index contributed by atoms with van der Waals surface area (Å²) in [6, 6.07) is 0.414. The van der Waals surface area contributed by atoms with Gasteiger partial charge in [-0.05, 0) is 51.1 Å². The third kappa shape index (κ3) is 2.80. The van der Waals surface area contributed by atoms with E-state index in [-0.39, 0.29) is 5.69 Å². The van der Waals surface area contributed by atoms with Gasteiger partial charge in [0.05, 0.1) is 0 Å². The predicted molar refractivity (Wildman–Crippen MR) is 72.1 cm³/mol. The van der Waals surface area contributed by atoms with E-state index in [1.54, 1.807) is 11.8 Å². The number of aromatic amines is 1. The summed E-state index contributed by atoms with van der Waals surface area (Å²) in [6.07, 6.45) is 6.06. The lowest BCUT2D eigenvalue weighted by atomic mass is 9.96. The molecule has 3 rings (SSSR count). The molecular formula is C12H20N4OS. The molecule has 0 atom stereocenters. The molecule has 1 aromatic rings. The molecule has 0 radical (unpaired) electrons. The Morgan fingerprint density at radius 2 is 2.06 bits per heavy atom. The second-order valence-electron chi connectivity index (χ2n) is 5.24. The number of hydrogen-bond acceptors (Lipinski definition) is 4. The maximum Gasteiger partial charge on any atom is 0.344 e. The molecule has 1 saturated carbocycles. The number of H-pyrrole nitrogens is 1. The van der Waals surface area contributed by atoms with E-state index in [4.69, 9.17) is 0 Å². The van der Waals surface area contributed by atoms with Crippen LogP contribution in [0, 0.1) is 5.92 Å². The fourth-order valence-corrected chi connectivity index (χ4v) is 3.65. The maximum absolute atomic E-state index is 11.6. The Balaban J connectivity index is 1.52. The standard InChI is InChI=1S/C12H20N4OS/c17-11-14-15-12(16(11)10-1-2-10)18-8-5-9-3-6-13-7-4-9/h9-10,13H,1-8H2,(H,14,17). The smallest absolute Gasteiger partial charge is 0.317 e. The van der Waals surface area contributed by atoms with Gasteiger partial charge in [0.15, 0.2) is 5.16 Å². The zero-order chi connectivity index (χ0) is 12.4. The van der Waals surface area contributed by atoms with Gasteiger partial charge in [-0.15, -0.1) is 5.10 Å².